The molecule has 0 unspecified atom stereocenters. The summed E-state index contributed by atoms with van der Waals surface area (Å²) < 4.78 is 3.16. The molecule has 1 nitrogen and oxygen atoms in total. The maximum absolute atomic E-state index is 3.16. The maximum Gasteiger partial charge on any atom is 0.185 e. The number of aromatic nitrogens is 1. The summed E-state index contributed by atoms with van der Waals surface area (Å²) in [4.78, 5) is 0. The number of halogens is 1. The van der Waals surface area contributed by atoms with Crippen LogP contribution >= 0.6 is 0 Å². The molecule has 1 heterocycles. The highest BCUT2D eigenvalue weighted by Gasteiger charge is 2.29. The van der Waals surface area contributed by atoms with E-state index in [1.807, 2.05) is 28.1 Å². The Bertz CT molecular complexity index is 1040. The van der Waals surface area contributed by atoms with Crippen molar-refractivity contribution in [1.82, 2.24) is 0 Å². The standard InChI is InChI=1S/C77H150N.ClH/c1-7-13-19-25-31-37-43-49-55-61-67-73-74(68-62-56-50-44-38-32-26-20-14-8-2)76(70-64-58-52-46-40-34-28-22-16-10-4)78(72-66-60-54-48-42-36-30-24-18-12-6)77(71-65-59-53-47-41-35-29-23-17-11-5)75(73)69-63-57-51-45-39-33-27-21-15-9-3;/h7-72H2,1-6H3;1H/q+1;/p-1. The van der Waals surface area contributed by atoms with E-state index in [-0.39, 0.29) is 12.4 Å². The van der Waals surface area contributed by atoms with Crippen LogP contribution in [0.25, 0.3) is 0 Å². The molecule has 0 radical (unpaired) electrons. The Labute approximate surface area is 507 Å². The average molecular weight is 1130 g/mol. The molecule has 470 valence electrons. The van der Waals surface area contributed by atoms with Gasteiger partial charge in [-0.1, -0.05) is 382 Å². The van der Waals surface area contributed by atoms with Crippen molar-refractivity contribution in [1.29, 1.82) is 0 Å². The van der Waals surface area contributed by atoms with Crippen LogP contribution < -0.4 is 17.0 Å². The lowest BCUT2D eigenvalue weighted by atomic mass is 9.85. The summed E-state index contributed by atoms with van der Waals surface area (Å²) in [6, 6.07) is 0. The number of hydrogen-bond acceptors (Lipinski definition) is 0. The molecule has 0 saturated heterocycles. The first-order valence-corrected chi connectivity index (χ1v) is 37.8. The summed E-state index contributed by atoms with van der Waals surface area (Å²) in [6.07, 6.45) is 93.2. The molecule has 1 aromatic heterocycles. The molecule has 0 aliphatic heterocycles. The van der Waals surface area contributed by atoms with Gasteiger partial charge in [0.25, 0.3) is 0 Å². The van der Waals surface area contributed by atoms with E-state index in [1.165, 1.54) is 424 Å². The average Bonchev–Trinajstić information content (AvgIpc) is 3.47. The van der Waals surface area contributed by atoms with Gasteiger partial charge >= 0.3 is 0 Å². The molecule has 0 aromatic carbocycles. The Kier molecular flexibility index (Phi) is 64.5. The van der Waals surface area contributed by atoms with Crippen LogP contribution in [0.1, 0.15) is 455 Å². The first-order valence-electron chi connectivity index (χ1n) is 37.8. The summed E-state index contributed by atoms with van der Waals surface area (Å²) in [5, 5.41) is 0. The number of unbranched alkanes of at least 4 members (excludes halogenated alkanes) is 54. The molecule has 0 saturated carbocycles. The van der Waals surface area contributed by atoms with Crippen molar-refractivity contribution in [2.75, 3.05) is 0 Å². The highest BCUT2D eigenvalue weighted by Crippen LogP contribution is 2.30. The normalized spacial score (nSPS) is 11.6. The van der Waals surface area contributed by atoms with Gasteiger partial charge in [0.05, 0.1) is 0 Å². The third-order valence-corrected chi connectivity index (χ3v) is 18.7. The lowest BCUT2D eigenvalue weighted by molar-refractivity contribution is -0.712. The SMILES string of the molecule is CCCCCCCCCCCCc1c(CCCCCCCCCCCC)c(CCCCCCCCCCCC)[n+](CCCCCCCCCCCC)c(CCCCCCCCCCCC)c1CCCCCCCCCCCC.[Cl-]. The predicted octanol–water partition coefficient (Wildman–Crippen LogP) is 24.2. The minimum absolute atomic E-state index is 0. The zero-order valence-electron chi connectivity index (χ0n) is 56.0. The van der Waals surface area contributed by atoms with Gasteiger partial charge in [-0.2, -0.15) is 4.57 Å². The zero-order chi connectivity index (χ0) is 56.1. The summed E-state index contributed by atoms with van der Waals surface area (Å²) >= 11 is 0. The Hall–Kier alpha value is -0.560. The fourth-order valence-electron chi connectivity index (χ4n) is 13.4. The number of rotatable bonds is 66. The summed E-state index contributed by atoms with van der Waals surface area (Å²) in [7, 11) is 0. The second-order valence-electron chi connectivity index (χ2n) is 26.3. The third kappa shape index (κ3) is 48.4. The van der Waals surface area contributed by atoms with Crippen molar-refractivity contribution in [3.63, 3.8) is 0 Å². The van der Waals surface area contributed by atoms with Crippen LogP contribution in [0.2, 0.25) is 0 Å². The molecule has 0 aliphatic rings. The smallest absolute Gasteiger partial charge is 0.185 e. The molecule has 0 amide bonds. The predicted molar refractivity (Wildman–Crippen MR) is 356 cm³/mol. The minimum atomic E-state index is 0. The number of nitrogens with zero attached hydrogens (tertiary/aromatic N) is 1. The summed E-state index contributed by atoms with van der Waals surface area (Å²) in [6.45, 7) is 15.5. The van der Waals surface area contributed by atoms with Gasteiger partial charge in [-0.15, -0.1) is 0 Å². The van der Waals surface area contributed by atoms with Gasteiger partial charge in [0.2, 0.25) is 0 Å². The summed E-state index contributed by atoms with van der Waals surface area (Å²) in [5.41, 5.74) is 9.52. The van der Waals surface area contributed by atoms with E-state index in [0.29, 0.717) is 0 Å². The minimum Gasteiger partial charge on any atom is -1.00 e. The van der Waals surface area contributed by atoms with Crippen LogP contribution in [0.3, 0.4) is 0 Å². The van der Waals surface area contributed by atoms with Crippen LogP contribution in [0.5, 0.6) is 0 Å². The van der Waals surface area contributed by atoms with Crippen molar-refractivity contribution in [3.05, 3.63) is 28.1 Å². The van der Waals surface area contributed by atoms with E-state index in [9.17, 15) is 0 Å². The van der Waals surface area contributed by atoms with Crippen molar-refractivity contribution < 1.29 is 17.0 Å². The molecular weight excluding hydrogens is 974 g/mol. The highest BCUT2D eigenvalue weighted by molar-refractivity contribution is 5.39. The monoisotopic (exact) mass is 1120 g/mol. The van der Waals surface area contributed by atoms with Crippen LogP contribution in [-0.4, -0.2) is 0 Å². The molecular formula is C77H150ClN. The first kappa shape index (κ1) is 78.4. The van der Waals surface area contributed by atoms with Crippen LogP contribution in [-0.2, 0) is 38.6 Å². The van der Waals surface area contributed by atoms with Crippen LogP contribution in [0.4, 0.5) is 0 Å². The van der Waals surface area contributed by atoms with Crippen molar-refractivity contribution in [2.24, 2.45) is 0 Å². The van der Waals surface area contributed by atoms with Crippen LogP contribution in [0, 0.1) is 0 Å². The number of pyridine rings is 1. The summed E-state index contributed by atoms with van der Waals surface area (Å²) in [5.74, 6) is 0. The lowest BCUT2D eigenvalue weighted by Gasteiger charge is -2.23. The highest BCUT2D eigenvalue weighted by atomic mass is 35.5. The molecule has 0 bridgehead atoms. The van der Waals surface area contributed by atoms with Gasteiger partial charge < -0.3 is 12.4 Å². The molecule has 1 aromatic rings. The van der Waals surface area contributed by atoms with E-state index in [2.05, 4.69) is 46.1 Å². The van der Waals surface area contributed by atoms with Gasteiger partial charge in [0, 0.05) is 30.4 Å². The van der Waals surface area contributed by atoms with Gasteiger partial charge in [-0.25, -0.2) is 0 Å². The Morgan fingerprint density at radius 3 is 0.519 bits per heavy atom. The molecule has 1 rings (SSSR count). The fraction of sp³-hybridized carbons (Fsp3) is 0.935. The lowest BCUT2D eigenvalue weighted by Crippen LogP contribution is -3.00. The van der Waals surface area contributed by atoms with Crippen molar-refractivity contribution >= 4 is 0 Å². The molecule has 0 N–H and O–H groups in total. The molecule has 0 atom stereocenters. The second kappa shape index (κ2) is 65.0. The van der Waals surface area contributed by atoms with E-state index in [4.69, 9.17) is 0 Å². The molecule has 0 fully saturated rings. The fourth-order valence-corrected chi connectivity index (χ4v) is 13.4. The van der Waals surface area contributed by atoms with Gasteiger partial charge in [0.15, 0.2) is 11.4 Å². The first-order chi connectivity index (χ1) is 38.7. The molecule has 0 spiro atoms. The second-order valence-corrected chi connectivity index (χ2v) is 26.3. The van der Waals surface area contributed by atoms with Crippen LogP contribution in [0.15, 0.2) is 0 Å². The number of hydrogen-bond donors (Lipinski definition) is 0. The van der Waals surface area contributed by atoms with Crippen molar-refractivity contribution in [2.45, 2.75) is 465 Å². The Morgan fingerprint density at radius 1 is 0.165 bits per heavy atom. The Morgan fingerprint density at radius 2 is 0.316 bits per heavy atom. The zero-order valence-corrected chi connectivity index (χ0v) is 56.8. The Balaban J connectivity index is 0.0000608. The molecule has 2 heteroatoms. The van der Waals surface area contributed by atoms with Crippen molar-refractivity contribution in [3.8, 4) is 0 Å². The topological polar surface area (TPSA) is 3.88 Å². The van der Waals surface area contributed by atoms with E-state index in [1.54, 1.807) is 0 Å². The molecule has 0 aliphatic carbocycles. The maximum atomic E-state index is 3.16. The van der Waals surface area contributed by atoms with E-state index in [0.717, 1.165) is 0 Å². The molecule has 79 heavy (non-hydrogen) atoms. The van der Waals surface area contributed by atoms with E-state index >= 15 is 0 Å². The quantitative estimate of drug-likeness (QED) is 0.0452. The van der Waals surface area contributed by atoms with Gasteiger partial charge in [-0.05, 0) is 63.4 Å². The van der Waals surface area contributed by atoms with E-state index < -0.39 is 0 Å². The van der Waals surface area contributed by atoms with Gasteiger partial charge in [-0.3, -0.25) is 0 Å². The third-order valence-electron chi connectivity index (χ3n) is 18.7. The van der Waals surface area contributed by atoms with Gasteiger partial charge in [0.1, 0.15) is 6.54 Å². The largest absolute Gasteiger partial charge is 1.00 e.